The number of benzene rings is 1. The molecule has 0 bridgehead atoms. The van der Waals surface area contributed by atoms with E-state index in [4.69, 9.17) is 4.74 Å². The second-order valence-electron chi connectivity index (χ2n) is 4.19. The van der Waals surface area contributed by atoms with Gasteiger partial charge < -0.3 is 4.74 Å². The molecule has 0 aliphatic heterocycles. The lowest BCUT2D eigenvalue weighted by molar-refractivity contribution is -0.671. The minimum absolute atomic E-state index is 0.201. The first-order valence-electron chi connectivity index (χ1n) is 5.88. The van der Waals surface area contributed by atoms with Gasteiger partial charge in [-0.2, -0.15) is 0 Å². The van der Waals surface area contributed by atoms with Crippen LogP contribution in [0.2, 0.25) is 0 Å². The van der Waals surface area contributed by atoms with Crippen LogP contribution in [0.1, 0.15) is 11.1 Å². The van der Waals surface area contributed by atoms with E-state index in [-0.39, 0.29) is 5.97 Å². The number of aromatic nitrogens is 1. The van der Waals surface area contributed by atoms with E-state index in [9.17, 15) is 4.79 Å². The highest BCUT2D eigenvalue weighted by atomic mass is 16.5. The first-order valence-corrected chi connectivity index (χ1v) is 5.88. The summed E-state index contributed by atoms with van der Waals surface area (Å²) in [6.07, 6.45) is 4.15. The maximum absolute atomic E-state index is 11.6. The van der Waals surface area contributed by atoms with Crippen molar-refractivity contribution in [3.8, 4) is 0 Å². The monoisotopic (exact) mass is 242 g/mol. The second-order valence-corrected chi connectivity index (χ2v) is 4.19. The summed E-state index contributed by atoms with van der Waals surface area (Å²) in [6.45, 7) is 0.334. The number of rotatable bonds is 4. The molecule has 18 heavy (non-hydrogen) atoms. The molecule has 0 N–H and O–H groups in total. The van der Waals surface area contributed by atoms with Crippen molar-refractivity contribution in [2.75, 3.05) is 0 Å². The van der Waals surface area contributed by atoms with Crippen molar-refractivity contribution < 1.29 is 14.1 Å². The molecule has 92 valence electrons. The Morgan fingerprint density at radius 1 is 1.06 bits per heavy atom. The molecule has 0 unspecified atom stereocenters. The molecule has 3 nitrogen and oxygen atoms in total. The topological polar surface area (TPSA) is 30.2 Å². The summed E-state index contributed by atoms with van der Waals surface area (Å²) in [7, 11) is 1.94. The minimum Gasteiger partial charge on any atom is -0.461 e. The van der Waals surface area contributed by atoms with Crippen LogP contribution in [0.3, 0.4) is 0 Å². The lowest BCUT2D eigenvalue weighted by Gasteiger charge is -2.04. The van der Waals surface area contributed by atoms with Crippen LogP contribution in [0.5, 0.6) is 0 Å². The molecule has 0 aliphatic rings. The van der Waals surface area contributed by atoms with Crippen molar-refractivity contribution in [1.29, 1.82) is 0 Å². The number of ether oxygens (including phenoxy) is 1. The summed E-state index contributed by atoms with van der Waals surface area (Å²) in [5.74, 6) is -0.201. The number of carbonyl (C=O) groups is 1. The standard InChI is InChI=1S/C15H16NO2/c1-16-9-7-13(8-10-16)11-15(17)18-12-14-5-3-2-4-6-14/h2-10H,11-12H2,1H3/q+1. The van der Waals surface area contributed by atoms with Gasteiger partial charge in [0.05, 0.1) is 6.42 Å². The first-order chi connectivity index (χ1) is 8.74. The van der Waals surface area contributed by atoms with Gasteiger partial charge in [-0.3, -0.25) is 4.79 Å². The van der Waals surface area contributed by atoms with E-state index in [0.29, 0.717) is 13.0 Å². The number of hydrogen-bond donors (Lipinski definition) is 0. The Bertz CT molecular complexity index is 506. The van der Waals surface area contributed by atoms with Gasteiger partial charge in [0.2, 0.25) is 0 Å². The maximum Gasteiger partial charge on any atom is 0.310 e. The molecule has 0 saturated carbocycles. The lowest BCUT2D eigenvalue weighted by Crippen LogP contribution is -2.26. The largest absolute Gasteiger partial charge is 0.461 e. The van der Waals surface area contributed by atoms with Gasteiger partial charge in [0, 0.05) is 12.1 Å². The average molecular weight is 242 g/mol. The van der Waals surface area contributed by atoms with E-state index >= 15 is 0 Å². The predicted octanol–water partition coefficient (Wildman–Crippen LogP) is 1.80. The van der Waals surface area contributed by atoms with E-state index in [0.717, 1.165) is 11.1 Å². The molecule has 1 aromatic carbocycles. The molecule has 0 radical (unpaired) electrons. The van der Waals surface area contributed by atoms with Crippen molar-refractivity contribution in [3.05, 3.63) is 66.0 Å². The minimum atomic E-state index is -0.201. The third-order valence-corrected chi connectivity index (χ3v) is 2.64. The molecular weight excluding hydrogens is 226 g/mol. The number of carbonyl (C=O) groups excluding carboxylic acids is 1. The van der Waals surface area contributed by atoms with E-state index < -0.39 is 0 Å². The number of nitrogens with zero attached hydrogens (tertiary/aromatic N) is 1. The normalized spacial score (nSPS) is 10.1. The lowest BCUT2D eigenvalue weighted by atomic mass is 10.2. The highest BCUT2D eigenvalue weighted by Gasteiger charge is 2.06. The summed E-state index contributed by atoms with van der Waals surface area (Å²) < 4.78 is 7.15. The molecule has 1 aromatic heterocycles. The van der Waals surface area contributed by atoms with Gasteiger partial charge in [-0.1, -0.05) is 30.3 Å². The van der Waals surface area contributed by atoms with E-state index in [1.807, 2.05) is 66.5 Å². The number of hydrogen-bond acceptors (Lipinski definition) is 2. The van der Waals surface area contributed by atoms with Gasteiger partial charge in [-0.25, -0.2) is 4.57 Å². The SMILES string of the molecule is C[n+]1ccc(CC(=O)OCc2ccccc2)cc1. The number of pyridine rings is 1. The summed E-state index contributed by atoms with van der Waals surface area (Å²) in [4.78, 5) is 11.6. The predicted molar refractivity (Wildman–Crippen MR) is 67.6 cm³/mol. The molecule has 0 saturated heterocycles. The Morgan fingerprint density at radius 2 is 1.72 bits per heavy atom. The Labute approximate surface area is 107 Å². The molecule has 0 fully saturated rings. The first kappa shape index (κ1) is 12.3. The Balaban J connectivity index is 1.84. The number of esters is 1. The van der Waals surface area contributed by atoms with Crippen molar-refractivity contribution >= 4 is 5.97 Å². The zero-order valence-corrected chi connectivity index (χ0v) is 10.4. The van der Waals surface area contributed by atoms with Crippen LogP contribution >= 0.6 is 0 Å². The van der Waals surface area contributed by atoms with Crippen LogP contribution in [0.15, 0.2) is 54.9 Å². The van der Waals surface area contributed by atoms with Gasteiger partial charge in [-0.05, 0) is 11.1 Å². The highest BCUT2D eigenvalue weighted by Crippen LogP contribution is 2.03. The number of aryl methyl sites for hydroxylation is 1. The van der Waals surface area contributed by atoms with Crippen LogP contribution in [0, 0.1) is 0 Å². The van der Waals surface area contributed by atoms with Crippen LogP contribution < -0.4 is 4.57 Å². The summed E-state index contributed by atoms with van der Waals surface area (Å²) in [6, 6.07) is 13.5. The van der Waals surface area contributed by atoms with E-state index in [1.165, 1.54) is 0 Å². The molecule has 3 heteroatoms. The molecule has 0 spiro atoms. The highest BCUT2D eigenvalue weighted by molar-refractivity contribution is 5.72. The second kappa shape index (κ2) is 5.96. The van der Waals surface area contributed by atoms with Crippen LogP contribution in [0.4, 0.5) is 0 Å². The van der Waals surface area contributed by atoms with E-state index in [1.54, 1.807) is 0 Å². The quantitative estimate of drug-likeness (QED) is 0.604. The molecule has 0 aliphatic carbocycles. The zero-order valence-electron chi connectivity index (χ0n) is 10.4. The van der Waals surface area contributed by atoms with Gasteiger partial charge in [0.1, 0.15) is 13.7 Å². The third kappa shape index (κ3) is 3.70. The molecule has 0 atom stereocenters. The average Bonchev–Trinajstić information content (AvgIpc) is 2.40. The van der Waals surface area contributed by atoms with Crippen molar-refractivity contribution in [3.63, 3.8) is 0 Å². The fourth-order valence-electron chi connectivity index (χ4n) is 1.61. The van der Waals surface area contributed by atoms with Gasteiger partial charge in [0.15, 0.2) is 12.4 Å². The van der Waals surface area contributed by atoms with Gasteiger partial charge in [-0.15, -0.1) is 0 Å². The third-order valence-electron chi connectivity index (χ3n) is 2.64. The Hall–Kier alpha value is -2.16. The summed E-state index contributed by atoms with van der Waals surface area (Å²) in [5.41, 5.74) is 1.97. The Morgan fingerprint density at radius 3 is 2.39 bits per heavy atom. The molecule has 2 rings (SSSR count). The Kier molecular flexibility index (Phi) is 4.07. The summed E-state index contributed by atoms with van der Waals surface area (Å²) >= 11 is 0. The van der Waals surface area contributed by atoms with Crippen molar-refractivity contribution in [2.24, 2.45) is 7.05 Å². The smallest absolute Gasteiger partial charge is 0.310 e. The van der Waals surface area contributed by atoms with Crippen LogP contribution in [0.25, 0.3) is 0 Å². The fourth-order valence-corrected chi connectivity index (χ4v) is 1.61. The molecule has 0 amide bonds. The van der Waals surface area contributed by atoms with Crippen LogP contribution in [-0.4, -0.2) is 5.97 Å². The van der Waals surface area contributed by atoms with E-state index in [2.05, 4.69) is 0 Å². The molecule has 2 aromatic rings. The van der Waals surface area contributed by atoms with Gasteiger partial charge >= 0.3 is 5.97 Å². The van der Waals surface area contributed by atoms with Gasteiger partial charge in [0.25, 0.3) is 0 Å². The van der Waals surface area contributed by atoms with Crippen molar-refractivity contribution in [2.45, 2.75) is 13.0 Å². The molecular formula is C15H16NO2+. The summed E-state index contributed by atoms with van der Waals surface area (Å²) in [5, 5.41) is 0. The molecule has 1 heterocycles. The fraction of sp³-hybridized carbons (Fsp3) is 0.200. The van der Waals surface area contributed by atoms with Crippen LogP contribution in [-0.2, 0) is 29.6 Å². The van der Waals surface area contributed by atoms with Crippen molar-refractivity contribution in [1.82, 2.24) is 0 Å². The maximum atomic E-state index is 11.6. The zero-order chi connectivity index (χ0) is 12.8.